The number of allylic oxidation sites excluding steroid dienone is 1. The highest BCUT2D eigenvalue weighted by Gasteiger charge is 2.26. The van der Waals surface area contributed by atoms with Crippen molar-refractivity contribution in [2.24, 2.45) is 10.7 Å². The van der Waals surface area contributed by atoms with Crippen molar-refractivity contribution in [2.75, 3.05) is 51.0 Å². The molecule has 3 aromatic heterocycles. The van der Waals surface area contributed by atoms with E-state index in [1.165, 1.54) is 6.20 Å². The number of carbonyl (C=O) groups is 3. The Hall–Kier alpha value is -9.05. The van der Waals surface area contributed by atoms with Crippen LogP contribution in [0.4, 0.5) is 22.4 Å². The molecule has 2 saturated heterocycles. The quantitative estimate of drug-likeness (QED) is 0.0414. The summed E-state index contributed by atoms with van der Waals surface area (Å²) in [6, 6.07) is 27.7. The number of aromatic nitrogens is 6. The molecule has 2 aliphatic rings. The lowest BCUT2D eigenvalue weighted by Gasteiger charge is -2.31. The van der Waals surface area contributed by atoms with Gasteiger partial charge in [-0.1, -0.05) is 81.3 Å². The first-order valence-electron chi connectivity index (χ1n) is 27.3. The third kappa shape index (κ3) is 18.2. The Morgan fingerprint density at radius 3 is 1.81 bits per heavy atom. The monoisotopic (exact) mass is 1100 g/mol. The van der Waals surface area contributed by atoms with E-state index in [1.807, 2.05) is 93.2 Å². The number of rotatable bonds is 19. The molecule has 424 valence electrons. The molecule has 8 rings (SSSR count). The highest BCUT2D eigenvalue weighted by Crippen LogP contribution is 2.28. The minimum absolute atomic E-state index is 0.166. The number of anilines is 3. The van der Waals surface area contributed by atoms with E-state index >= 15 is 0 Å². The van der Waals surface area contributed by atoms with Gasteiger partial charge in [-0.2, -0.15) is 15.6 Å². The maximum absolute atomic E-state index is 12.6. The number of hydrogen-bond donors (Lipinski definition) is 6. The molecule has 0 bridgehead atoms. The van der Waals surface area contributed by atoms with Crippen LogP contribution in [0.15, 0.2) is 121 Å². The number of benzene rings is 3. The second kappa shape index (κ2) is 31.5. The highest BCUT2D eigenvalue weighted by molar-refractivity contribution is 5.95. The lowest BCUT2D eigenvalue weighted by molar-refractivity contribution is 0.0820. The van der Waals surface area contributed by atoms with Gasteiger partial charge in [-0.25, -0.2) is 24.7 Å². The number of nitrogens with one attached hydrogen (secondary N) is 4. The lowest BCUT2D eigenvalue weighted by atomic mass is 10.1. The molecule has 5 heterocycles. The van der Waals surface area contributed by atoms with E-state index < -0.39 is 12.1 Å². The number of likely N-dealkylation sites (tertiary alicyclic amines) is 2. The van der Waals surface area contributed by atoms with Crippen LogP contribution in [0.1, 0.15) is 109 Å². The molecule has 0 saturated carbocycles. The predicted molar refractivity (Wildman–Crippen MR) is 313 cm³/mol. The molecule has 21 nitrogen and oxygen atoms in total. The summed E-state index contributed by atoms with van der Waals surface area (Å²) in [6.07, 6.45) is 16.6. The van der Waals surface area contributed by atoms with Crippen LogP contribution in [0.25, 0.3) is 22.5 Å². The first-order valence-corrected chi connectivity index (χ1v) is 27.3. The SMILES string of the molecule is CCC[C@@H](C#N)NC(=O)c1ccc(-c2nc(NC(C=NC3CCN(C)CC3)=CN)ncc2C)cc1.CCC[C@@H](C#N)NC(=O)c1ccc(-c2nc(Nc3cnn(C4CCN(C(=O)OCc5ccccc5)CC4)c3)ncc2C)cc1.CO. The molecule has 2 aliphatic heterocycles. The minimum atomic E-state index is -0.504. The minimum Gasteiger partial charge on any atom is -0.445 e. The fourth-order valence-corrected chi connectivity index (χ4v) is 8.98. The fourth-order valence-electron chi connectivity index (χ4n) is 8.98. The number of aryl methyl sites for hydroxylation is 2. The summed E-state index contributed by atoms with van der Waals surface area (Å²) >= 11 is 0. The molecule has 3 amide bonds. The molecule has 0 aliphatic carbocycles. The average molecular weight is 1100 g/mol. The van der Waals surface area contributed by atoms with Gasteiger partial charge in [0, 0.05) is 73.5 Å². The maximum atomic E-state index is 12.6. The van der Waals surface area contributed by atoms with Crippen molar-refractivity contribution in [3.05, 3.63) is 143 Å². The number of carbonyl (C=O) groups excluding carboxylic acids is 3. The first kappa shape index (κ1) is 61.2. The van der Waals surface area contributed by atoms with E-state index in [2.05, 4.69) is 70.4 Å². The van der Waals surface area contributed by atoms with Crippen molar-refractivity contribution < 1.29 is 24.2 Å². The summed E-state index contributed by atoms with van der Waals surface area (Å²) in [7, 11) is 3.12. The van der Waals surface area contributed by atoms with Crippen molar-refractivity contribution in [1.29, 1.82) is 10.5 Å². The second-order valence-electron chi connectivity index (χ2n) is 19.6. The van der Waals surface area contributed by atoms with Gasteiger partial charge in [-0.15, -0.1) is 0 Å². The lowest BCUT2D eigenvalue weighted by Crippen LogP contribution is -2.39. The van der Waals surface area contributed by atoms with Gasteiger partial charge in [0.1, 0.15) is 18.7 Å². The van der Waals surface area contributed by atoms with Gasteiger partial charge in [0.2, 0.25) is 11.9 Å². The third-order valence-corrected chi connectivity index (χ3v) is 13.6. The highest BCUT2D eigenvalue weighted by atomic mass is 16.6. The van der Waals surface area contributed by atoms with Crippen molar-refractivity contribution >= 4 is 41.7 Å². The fraction of sp³-hybridized carbons (Fsp3) is 0.383. The van der Waals surface area contributed by atoms with Crippen LogP contribution in [0.3, 0.4) is 0 Å². The summed E-state index contributed by atoms with van der Waals surface area (Å²) in [5, 5.41) is 41.9. The number of nitrogens with two attached hydrogens (primary N) is 1. The van der Waals surface area contributed by atoms with Crippen LogP contribution < -0.4 is 27.0 Å². The van der Waals surface area contributed by atoms with E-state index in [0.29, 0.717) is 60.7 Å². The number of aliphatic hydroxyl groups is 1. The topological polar surface area (TPSA) is 291 Å². The van der Waals surface area contributed by atoms with Crippen LogP contribution >= 0.6 is 0 Å². The standard InChI is InChI=1S/C33H36N8O3.C26H34N8O.CH4O/c1-3-7-27(18-34)37-31(42)26-12-10-25(11-13-26)30-23(2)19-35-32(39-30)38-28-20-36-41(21-28)29-14-16-40(17-15-29)33(43)44-22-24-8-5-4-6-9-24;1-4-5-22(14-27)31-25(35)20-8-6-19(7-9-20)24-18(2)16-30-26(33-24)32-23(15-28)17-29-21-10-12-34(3)13-11-21;1-2/h4-6,8-13,19-21,27,29H,3,7,14-17,22H2,1-2H3,(H,37,42)(H,35,38,39);6-9,15-17,21-22H,4-5,10-13,28H2,1-3H3,(H,31,35)(H,30,32,33);2H,1H3/t27-;22-;/m00./s1. The molecular formula is C60H74N16O5. The first-order chi connectivity index (χ1) is 39.4. The number of hydrogen-bond acceptors (Lipinski definition) is 17. The van der Waals surface area contributed by atoms with Crippen molar-refractivity contribution in [3.63, 3.8) is 0 Å². The van der Waals surface area contributed by atoms with E-state index in [9.17, 15) is 24.9 Å². The van der Waals surface area contributed by atoms with Gasteiger partial charge in [-0.3, -0.25) is 19.3 Å². The molecule has 2 atom stereocenters. The Balaban J connectivity index is 0.000000260. The molecule has 0 unspecified atom stereocenters. The van der Waals surface area contributed by atoms with Crippen LogP contribution in [0, 0.1) is 36.5 Å². The van der Waals surface area contributed by atoms with Crippen LogP contribution in [0.2, 0.25) is 0 Å². The van der Waals surface area contributed by atoms with Crippen molar-refractivity contribution in [3.8, 4) is 34.7 Å². The van der Waals surface area contributed by atoms with Gasteiger partial charge in [-0.05, 0) is 113 Å². The number of piperidine rings is 2. The molecule has 3 aromatic carbocycles. The van der Waals surface area contributed by atoms with E-state index in [0.717, 1.165) is 104 Å². The van der Waals surface area contributed by atoms with Crippen LogP contribution in [-0.2, 0) is 11.3 Å². The Morgan fingerprint density at radius 1 is 0.765 bits per heavy atom. The predicted octanol–water partition coefficient (Wildman–Crippen LogP) is 8.65. The number of amides is 3. The summed E-state index contributed by atoms with van der Waals surface area (Å²) < 4.78 is 7.41. The van der Waals surface area contributed by atoms with Crippen LogP contribution in [0.5, 0.6) is 0 Å². The molecule has 6 aromatic rings. The van der Waals surface area contributed by atoms with E-state index in [1.54, 1.807) is 54.0 Å². The zero-order chi connectivity index (χ0) is 58.1. The summed E-state index contributed by atoms with van der Waals surface area (Å²) in [5.41, 5.74) is 14.1. The number of aliphatic hydroxyl groups excluding tert-OH is 1. The average Bonchev–Trinajstić information content (AvgIpc) is 4.03. The van der Waals surface area contributed by atoms with E-state index in [-0.39, 0.29) is 30.6 Å². The Labute approximate surface area is 474 Å². The third-order valence-electron chi connectivity index (χ3n) is 13.6. The zero-order valence-electron chi connectivity index (χ0n) is 47.0. The van der Waals surface area contributed by atoms with E-state index in [4.69, 9.17) is 20.6 Å². The molecular weight excluding hydrogens is 1020 g/mol. The van der Waals surface area contributed by atoms with Crippen LogP contribution in [-0.4, -0.2) is 127 Å². The summed E-state index contributed by atoms with van der Waals surface area (Å²) in [4.78, 5) is 64.5. The molecule has 2 fully saturated rings. The van der Waals surface area contributed by atoms with Gasteiger partial charge in [0.15, 0.2) is 0 Å². The molecule has 21 heteroatoms. The summed E-state index contributed by atoms with van der Waals surface area (Å²) in [6.45, 7) is 11.4. The zero-order valence-corrected chi connectivity index (χ0v) is 47.0. The Kier molecular flexibility index (Phi) is 23.8. The van der Waals surface area contributed by atoms with Gasteiger partial charge < -0.3 is 46.6 Å². The number of ether oxygens (including phenoxy) is 1. The Bertz CT molecular complexity index is 3120. The number of nitrogens with zero attached hydrogens (tertiary/aromatic N) is 11. The molecule has 7 N–H and O–H groups in total. The van der Waals surface area contributed by atoms with Crippen molar-refractivity contribution in [2.45, 2.75) is 110 Å². The summed E-state index contributed by atoms with van der Waals surface area (Å²) in [5.74, 6) is 0.304. The molecule has 81 heavy (non-hydrogen) atoms. The Morgan fingerprint density at radius 2 is 1.30 bits per heavy atom. The smallest absolute Gasteiger partial charge is 0.410 e. The largest absolute Gasteiger partial charge is 0.445 e. The van der Waals surface area contributed by atoms with Gasteiger partial charge in [0.05, 0.1) is 53.2 Å². The van der Waals surface area contributed by atoms with Gasteiger partial charge >= 0.3 is 6.09 Å². The number of nitriles is 2. The maximum Gasteiger partial charge on any atom is 0.410 e. The molecule has 0 spiro atoms. The normalized spacial score (nSPS) is 14.6. The second-order valence-corrected chi connectivity index (χ2v) is 19.6. The number of aliphatic imine (C=N–C) groups is 1. The molecule has 0 radical (unpaired) electrons. The van der Waals surface area contributed by atoms with Crippen molar-refractivity contribution in [1.82, 2.24) is 50.1 Å². The van der Waals surface area contributed by atoms with Gasteiger partial charge in [0.25, 0.3) is 11.8 Å².